The van der Waals surface area contributed by atoms with Gasteiger partial charge in [0.05, 0.1) is 18.7 Å². The number of nitrogens with two attached hydrogens (primary N) is 1. The first-order chi connectivity index (χ1) is 8.22. The van der Waals surface area contributed by atoms with Crippen molar-refractivity contribution in [1.29, 1.82) is 0 Å². The van der Waals surface area contributed by atoms with Crippen LogP contribution in [0.15, 0.2) is 12.1 Å². The molecule has 2 N–H and O–H groups in total. The van der Waals surface area contributed by atoms with Crippen molar-refractivity contribution in [3.05, 3.63) is 22.7 Å². The number of hydrogen-bond acceptors (Lipinski definition) is 3. The van der Waals surface area contributed by atoms with E-state index in [0.29, 0.717) is 36.1 Å². The largest absolute Gasteiger partial charge is 0.493 e. The third-order valence-electron chi connectivity index (χ3n) is 2.24. The van der Waals surface area contributed by atoms with Crippen molar-refractivity contribution in [2.24, 2.45) is 5.73 Å². The van der Waals surface area contributed by atoms with Crippen LogP contribution >= 0.6 is 11.6 Å². The Labute approximate surface area is 107 Å². The van der Waals surface area contributed by atoms with Crippen molar-refractivity contribution >= 4 is 11.6 Å². The van der Waals surface area contributed by atoms with Crippen molar-refractivity contribution in [1.82, 2.24) is 0 Å². The summed E-state index contributed by atoms with van der Waals surface area (Å²) in [5, 5.41) is 0.505. The van der Waals surface area contributed by atoms with Gasteiger partial charge in [-0.05, 0) is 24.1 Å². The molecule has 0 radical (unpaired) electrons. The van der Waals surface area contributed by atoms with Gasteiger partial charge in [0.1, 0.15) is 0 Å². The molecule has 3 nitrogen and oxygen atoms in total. The Kier molecular flexibility index (Phi) is 5.68. The van der Waals surface area contributed by atoms with Crippen molar-refractivity contribution in [3.63, 3.8) is 0 Å². The SMILES string of the molecule is C#CCCCOc1c(Cl)cc(CN)cc1OC. The van der Waals surface area contributed by atoms with Gasteiger partial charge in [-0.2, -0.15) is 0 Å². The summed E-state index contributed by atoms with van der Waals surface area (Å²) in [4.78, 5) is 0. The van der Waals surface area contributed by atoms with E-state index in [1.54, 1.807) is 13.2 Å². The highest BCUT2D eigenvalue weighted by atomic mass is 35.5. The molecule has 0 fully saturated rings. The molecular weight excluding hydrogens is 238 g/mol. The normalized spacial score (nSPS) is 9.76. The fraction of sp³-hybridized carbons (Fsp3) is 0.385. The van der Waals surface area contributed by atoms with Gasteiger partial charge in [-0.15, -0.1) is 12.3 Å². The van der Waals surface area contributed by atoms with Crippen LogP contribution in [0.2, 0.25) is 5.02 Å². The maximum absolute atomic E-state index is 6.10. The van der Waals surface area contributed by atoms with Crippen LogP contribution < -0.4 is 15.2 Å². The summed E-state index contributed by atoms with van der Waals surface area (Å²) in [5.41, 5.74) is 6.46. The number of unbranched alkanes of at least 4 members (excludes halogenated alkanes) is 1. The number of halogens is 1. The second-order valence-corrected chi connectivity index (χ2v) is 3.88. The Balaban J connectivity index is 2.79. The average Bonchev–Trinajstić information content (AvgIpc) is 2.35. The van der Waals surface area contributed by atoms with Gasteiger partial charge in [0, 0.05) is 13.0 Å². The van der Waals surface area contributed by atoms with Gasteiger partial charge in [0.2, 0.25) is 0 Å². The molecule has 0 bridgehead atoms. The Hall–Kier alpha value is -1.37. The van der Waals surface area contributed by atoms with E-state index in [2.05, 4.69) is 5.92 Å². The molecule has 0 atom stereocenters. The molecule has 0 spiro atoms. The standard InChI is InChI=1S/C13H16ClNO2/c1-3-4-5-6-17-13-11(14)7-10(9-15)8-12(13)16-2/h1,7-8H,4-6,9,15H2,2H3. The minimum absolute atomic E-state index is 0.410. The van der Waals surface area contributed by atoms with Gasteiger partial charge in [-0.1, -0.05) is 11.6 Å². The molecule has 1 aromatic rings. The van der Waals surface area contributed by atoms with Gasteiger partial charge in [-0.3, -0.25) is 0 Å². The lowest BCUT2D eigenvalue weighted by molar-refractivity contribution is 0.291. The number of methoxy groups -OCH3 is 1. The molecule has 1 aromatic carbocycles. The predicted molar refractivity (Wildman–Crippen MR) is 69.5 cm³/mol. The third-order valence-corrected chi connectivity index (χ3v) is 2.52. The molecule has 0 heterocycles. The molecule has 17 heavy (non-hydrogen) atoms. The van der Waals surface area contributed by atoms with E-state index in [1.165, 1.54) is 0 Å². The maximum Gasteiger partial charge on any atom is 0.179 e. The molecule has 0 unspecified atom stereocenters. The summed E-state index contributed by atoms with van der Waals surface area (Å²) in [7, 11) is 1.57. The molecule has 0 aliphatic carbocycles. The van der Waals surface area contributed by atoms with Crippen LogP contribution in [0.1, 0.15) is 18.4 Å². The highest BCUT2D eigenvalue weighted by molar-refractivity contribution is 6.32. The molecule has 4 heteroatoms. The summed E-state index contributed by atoms with van der Waals surface area (Å²) in [6.45, 7) is 0.926. The van der Waals surface area contributed by atoms with E-state index >= 15 is 0 Å². The summed E-state index contributed by atoms with van der Waals surface area (Å²) in [6, 6.07) is 3.60. The molecule has 0 aromatic heterocycles. The molecule has 92 valence electrons. The maximum atomic E-state index is 6.10. The lowest BCUT2D eigenvalue weighted by Crippen LogP contribution is -2.02. The minimum atomic E-state index is 0.410. The summed E-state index contributed by atoms with van der Waals surface area (Å²) in [5.74, 6) is 3.70. The Morgan fingerprint density at radius 1 is 1.47 bits per heavy atom. The zero-order valence-corrected chi connectivity index (χ0v) is 10.6. The van der Waals surface area contributed by atoms with Crippen molar-refractivity contribution < 1.29 is 9.47 Å². The monoisotopic (exact) mass is 253 g/mol. The Bertz CT molecular complexity index is 413. The fourth-order valence-electron chi connectivity index (χ4n) is 1.38. The van der Waals surface area contributed by atoms with E-state index in [1.807, 2.05) is 6.07 Å². The number of rotatable bonds is 6. The van der Waals surface area contributed by atoms with Crippen LogP contribution in [0.3, 0.4) is 0 Å². The Morgan fingerprint density at radius 3 is 2.82 bits per heavy atom. The summed E-state index contributed by atoms with van der Waals surface area (Å²) in [6.07, 6.45) is 6.63. The molecule has 0 aliphatic rings. The second kappa shape index (κ2) is 7.05. The molecule has 0 saturated heterocycles. The lowest BCUT2D eigenvalue weighted by Gasteiger charge is -2.13. The zero-order valence-electron chi connectivity index (χ0n) is 9.83. The van der Waals surface area contributed by atoms with Crippen LogP contribution in [-0.4, -0.2) is 13.7 Å². The predicted octanol–water partition coefficient (Wildman–Crippen LogP) is 2.60. The smallest absolute Gasteiger partial charge is 0.179 e. The zero-order chi connectivity index (χ0) is 12.7. The van der Waals surface area contributed by atoms with Crippen LogP contribution in [0.5, 0.6) is 11.5 Å². The fourth-order valence-corrected chi connectivity index (χ4v) is 1.67. The molecular formula is C13H16ClNO2. The van der Waals surface area contributed by atoms with E-state index in [4.69, 9.17) is 33.2 Å². The van der Waals surface area contributed by atoms with Gasteiger partial charge < -0.3 is 15.2 Å². The lowest BCUT2D eigenvalue weighted by atomic mass is 10.2. The molecule has 0 amide bonds. The first-order valence-electron chi connectivity index (χ1n) is 5.35. The highest BCUT2D eigenvalue weighted by Gasteiger charge is 2.11. The van der Waals surface area contributed by atoms with Gasteiger partial charge in [-0.25, -0.2) is 0 Å². The quantitative estimate of drug-likeness (QED) is 0.626. The van der Waals surface area contributed by atoms with Crippen LogP contribution in [-0.2, 0) is 6.54 Å². The highest BCUT2D eigenvalue weighted by Crippen LogP contribution is 2.36. The van der Waals surface area contributed by atoms with E-state index in [9.17, 15) is 0 Å². The van der Waals surface area contributed by atoms with Crippen LogP contribution in [0, 0.1) is 12.3 Å². The second-order valence-electron chi connectivity index (χ2n) is 3.47. The van der Waals surface area contributed by atoms with Crippen LogP contribution in [0.25, 0.3) is 0 Å². The molecule has 0 saturated carbocycles. The van der Waals surface area contributed by atoms with E-state index in [0.717, 1.165) is 12.0 Å². The van der Waals surface area contributed by atoms with Crippen molar-refractivity contribution in [2.45, 2.75) is 19.4 Å². The first kappa shape index (κ1) is 13.7. The third kappa shape index (κ3) is 3.85. The topological polar surface area (TPSA) is 44.5 Å². The van der Waals surface area contributed by atoms with Crippen LogP contribution in [0.4, 0.5) is 0 Å². The number of terminal acetylenes is 1. The number of hydrogen-bond donors (Lipinski definition) is 1. The van der Waals surface area contributed by atoms with Crippen molar-refractivity contribution in [2.75, 3.05) is 13.7 Å². The first-order valence-corrected chi connectivity index (χ1v) is 5.73. The Morgan fingerprint density at radius 2 is 2.24 bits per heavy atom. The summed E-state index contributed by atoms with van der Waals surface area (Å²) < 4.78 is 10.8. The number of benzene rings is 1. The summed E-state index contributed by atoms with van der Waals surface area (Å²) >= 11 is 6.10. The molecule has 0 aliphatic heterocycles. The van der Waals surface area contributed by atoms with Crippen molar-refractivity contribution in [3.8, 4) is 23.8 Å². The van der Waals surface area contributed by atoms with Gasteiger partial charge in [0.25, 0.3) is 0 Å². The molecule has 1 rings (SSSR count). The minimum Gasteiger partial charge on any atom is -0.493 e. The average molecular weight is 254 g/mol. The van der Waals surface area contributed by atoms with Gasteiger partial charge in [0.15, 0.2) is 11.5 Å². The number of ether oxygens (including phenoxy) is 2. The van der Waals surface area contributed by atoms with E-state index < -0.39 is 0 Å². The van der Waals surface area contributed by atoms with E-state index in [-0.39, 0.29) is 0 Å². The van der Waals surface area contributed by atoms with Gasteiger partial charge >= 0.3 is 0 Å².